The lowest BCUT2D eigenvalue weighted by Crippen LogP contribution is -1.86. The van der Waals surface area contributed by atoms with Crippen LogP contribution in [0.25, 0.3) is 0 Å². The number of hydrogen-bond acceptors (Lipinski definition) is 3. The van der Waals surface area contributed by atoms with Gasteiger partial charge in [0.2, 0.25) is 0 Å². The minimum atomic E-state index is -0.868. The summed E-state index contributed by atoms with van der Waals surface area (Å²) in [5.41, 5.74) is 0. The van der Waals surface area contributed by atoms with E-state index in [4.69, 9.17) is 10.4 Å². The predicted molar refractivity (Wildman–Crippen MR) is 35.3 cm³/mol. The molecule has 0 aliphatic rings. The van der Waals surface area contributed by atoms with E-state index in [1.807, 2.05) is 6.07 Å². The molecule has 0 amide bonds. The fourth-order valence-corrected chi connectivity index (χ4v) is 0.774. The molecule has 0 aromatic rings. The molecule has 0 aromatic heterocycles. The monoisotopic (exact) mass is 145 g/mol. The van der Waals surface area contributed by atoms with Gasteiger partial charge in [-0.25, -0.2) is 4.79 Å². The van der Waals surface area contributed by atoms with Crippen molar-refractivity contribution in [3.05, 3.63) is 0 Å². The van der Waals surface area contributed by atoms with Crippen molar-refractivity contribution in [1.29, 1.82) is 5.26 Å². The summed E-state index contributed by atoms with van der Waals surface area (Å²) >= 11 is 0.837. The van der Waals surface area contributed by atoms with Crippen molar-refractivity contribution >= 4 is 17.1 Å². The molecule has 1 N–H and O–H groups in total. The first-order valence-corrected chi connectivity index (χ1v) is 3.48. The first kappa shape index (κ1) is 8.31. The highest BCUT2D eigenvalue weighted by molar-refractivity contribution is 8.13. The molecule has 9 heavy (non-hydrogen) atoms. The number of unbranched alkanes of at least 4 members (excludes halogenated alkanes) is 1. The van der Waals surface area contributed by atoms with Crippen LogP contribution in [0.3, 0.4) is 0 Å². The van der Waals surface area contributed by atoms with Crippen molar-refractivity contribution in [3.8, 4) is 6.07 Å². The van der Waals surface area contributed by atoms with Crippen LogP contribution in [-0.2, 0) is 0 Å². The molecule has 0 unspecified atom stereocenters. The van der Waals surface area contributed by atoms with Crippen molar-refractivity contribution in [2.24, 2.45) is 0 Å². The van der Waals surface area contributed by atoms with Gasteiger partial charge in [-0.05, 0) is 18.2 Å². The zero-order valence-electron chi connectivity index (χ0n) is 4.83. The van der Waals surface area contributed by atoms with E-state index in [0.29, 0.717) is 18.6 Å². The fraction of sp³-hybridized carbons (Fsp3) is 0.600. The van der Waals surface area contributed by atoms with E-state index in [2.05, 4.69) is 0 Å². The lowest BCUT2D eigenvalue weighted by atomic mass is 10.4. The normalized spacial score (nSPS) is 8.33. The van der Waals surface area contributed by atoms with Gasteiger partial charge >= 0.3 is 5.30 Å². The molecule has 0 aromatic carbocycles. The van der Waals surface area contributed by atoms with Gasteiger partial charge in [-0.15, -0.1) is 0 Å². The Kier molecular flexibility index (Phi) is 5.03. The second kappa shape index (κ2) is 5.45. The van der Waals surface area contributed by atoms with Crippen LogP contribution in [0.15, 0.2) is 0 Å². The molecule has 0 aliphatic carbocycles. The summed E-state index contributed by atoms with van der Waals surface area (Å²) in [7, 11) is 0. The third-order valence-corrected chi connectivity index (χ3v) is 1.40. The third-order valence-electron chi connectivity index (χ3n) is 0.658. The maximum atomic E-state index is 9.84. The van der Waals surface area contributed by atoms with Crippen molar-refractivity contribution in [3.63, 3.8) is 0 Å². The Morgan fingerprint density at radius 2 is 2.44 bits per heavy atom. The number of thioether (sulfide) groups is 1. The third kappa shape index (κ3) is 7.31. The second-order valence-electron chi connectivity index (χ2n) is 1.38. The predicted octanol–water partition coefficient (Wildman–Crippen LogP) is 1.70. The van der Waals surface area contributed by atoms with E-state index >= 15 is 0 Å². The molecule has 3 nitrogen and oxygen atoms in total. The SMILES string of the molecule is N#CCCCSC(=O)O. The van der Waals surface area contributed by atoms with E-state index in [9.17, 15) is 4.79 Å². The lowest BCUT2D eigenvalue weighted by molar-refractivity contribution is 0.222. The maximum absolute atomic E-state index is 9.84. The quantitative estimate of drug-likeness (QED) is 0.614. The number of carbonyl (C=O) groups is 1. The summed E-state index contributed by atoms with van der Waals surface area (Å²) in [5.74, 6) is 0.531. The van der Waals surface area contributed by atoms with Gasteiger partial charge in [-0.1, -0.05) is 0 Å². The molecule has 0 fully saturated rings. The van der Waals surface area contributed by atoms with Gasteiger partial charge < -0.3 is 5.11 Å². The first-order chi connectivity index (χ1) is 4.27. The van der Waals surface area contributed by atoms with Crippen molar-refractivity contribution in [2.75, 3.05) is 5.75 Å². The van der Waals surface area contributed by atoms with E-state index < -0.39 is 5.30 Å². The van der Waals surface area contributed by atoms with Gasteiger partial charge in [0.15, 0.2) is 0 Å². The van der Waals surface area contributed by atoms with Crippen molar-refractivity contribution in [1.82, 2.24) is 0 Å². The Bertz CT molecular complexity index is 129. The number of nitrogens with zero attached hydrogens (tertiary/aromatic N) is 1. The van der Waals surface area contributed by atoms with Crippen LogP contribution < -0.4 is 0 Å². The van der Waals surface area contributed by atoms with E-state index in [-0.39, 0.29) is 0 Å². The summed E-state index contributed by atoms with van der Waals surface area (Å²) in [6.07, 6.45) is 1.10. The van der Waals surface area contributed by atoms with Crippen molar-refractivity contribution < 1.29 is 9.90 Å². The van der Waals surface area contributed by atoms with Crippen LogP contribution >= 0.6 is 11.8 Å². The van der Waals surface area contributed by atoms with E-state index in [0.717, 1.165) is 11.8 Å². The molecular weight excluding hydrogens is 138 g/mol. The van der Waals surface area contributed by atoms with Crippen LogP contribution in [0.4, 0.5) is 4.79 Å². The van der Waals surface area contributed by atoms with Gasteiger partial charge in [-0.2, -0.15) is 5.26 Å². The minimum Gasteiger partial charge on any atom is -0.473 e. The van der Waals surface area contributed by atoms with Gasteiger partial charge in [0.25, 0.3) is 0 Å². The van der Waals surface area contributed by atoms with Gasteiger partial charge in [0, 0.05) is 12.2 Å². The molecule has 0 spiro atoms. The van der Waals surface area contributed by atoms with E-state index in [1.165, 1.54) is 0 Å². The number of rotatable bonds is 3. The van der Waals surface area contributed by atoms with Crippen LogP contribution in [-0.4, -0.2) is 16.2 Å². The summed E-state index contributed by atoms with van der Waals surface area (Å²) < 4.78 is 0. The lowest BCUT2D eigenvalue weighted by Gasteiger charge is -1.88. The highest BCUT2D eigenvalue weighted by Gasteiger charge is 1.94. The molecule has 0 radical (unpaired) electrons. The molecule has 50 valence electrons. The Balaban J connectivity index is 2.94. The van der Waals surface area contributed by atoms with Gasteiger partial charge in [0.1, 0.15) is 0 Å². The highest BCUT2D eigenvalue weighted by Crippen LogP contribution is 2.03. The smallest absolute Gasteiger partial charge is 0.364 e. The fourth-order valence-electron chi connectivity index (χ4n) is 0.311. The largest absolute Gasteiger partial charge is 0.473 e. The Labute approximate surface area is 57.7 Å². The first-order valence-electron chi connectivity index (χ1n) is 2.50. The van der Waals surface area contributed by atoms with Crippen LogP contribution in [0.5, 0.6) is 0 Å². The molecule has 0 heterocycles. The average molecular weight is 145 g/mol. The average Bonchev–Trinajstić information content (AvgIpc) is 1.80. The molecule has 0 saturated heterocycles. The Morgan fingerprint density at radius 3 is 2.89 bits per heavy atom. The summed E-state index contributed by atoms with van der Waals surface area (Å²) in [6.45, 7) is 0. The van der Waals surface area contributed by atoms with Gasteiger partial charge in [-0.3, -0.25) is 0 Å². The topological polar surface area (TPSA) is 61.1 Å². The summed E-state index contributed by atoms with van der Waals surface area (Å²) in [5, 5.41) is 15.3. The second-order valence-corrected chi connectivity index (χ2v) is 2.42. The molecule has 0 saturated carbocycles. The zero-order chi connectivity index (χ0) is 7.11. The molecule has 4 heteroatoms. The van der Waals surface area contributed by atoms with Crippen molar-refractivity contribution in [2.45, 2.75) is 12.8 Å². The standard InChI is InChI=1S/C5H7NO2S/c6-3-1-2-4-9-5(7)8/h1-2,4H2,(H,7,8). The number of hydrogen-bond donors (Lipinski definition) is 1. The highest BCUT2D eigenvalue weighted by atomic mass is 32.2. The Morgan fingerprint density at radius 1 is 1.78 bits per heavy atom. The summed E-state index contributed by atoms with van der Waals surface area (Å²) in [4.78, 5) is 9.84. The maximum Gasteiger partial charge on any atom is 0.364 e. The minimum absolute atomic E-state index is 0.445. The van der Waals surface area contributed by atoms with E-state index in [1.54, 1.807) is 0 Å². The molecular formula is C5H7NO2S. The van der Waals surface area contributed by atoms with Crippen LogP contribution in [0.2, 0.25) is 0 Å². The number of carboxylic acid groups (broad SMARTS) is 1. The summed E-state index contributed by atoms with van der Waals surface area (Å²) in [6, 6.07) is 1.94. The molecule has 0 rings (SSSR count). The number of nitriles is 1. The molecule has 0 bridgehead atoms. The van der Waals surface area contributed by atoms with Crippen LogP contribution in [0, 0.1) is 11.3 Å². The molecule has 0 atom stereocenters. The molecule has 0 aliphatic heterocycles. The Hall–Kier alpha value is -0.690. The zero-order valence-corrected chi connectivity index (χ0v) is 5.65. The van der Waals surface area contributed by atoms with Gasteiger partial charge in [0.05, 0.1) is 6.07 Å². The van der Waals surface area contributed by atoms with Crippen LogP contribution in [0.1, 0.15) is 12.8 Å².